The molecule has 162 valence electrons. The average molecular weight is 389 g/mol. The molecule has 1 heteroatoms. The third-order valence-corrected chi connectivity index (χ3v) is 8.25. The molecule has 3 rings (SSSR count). The van der Waals surface area contributed by atoms with Crippen molar-refractivity contribution in [2.45, 2.75) is 123 Å². The molecule has 0 radical (unpaired) electrons. The zero-order chi connectivity index (χ0) is 19.6. The van der Waals surface area contributed by atoms with Crippen molar-refractivity contribution in [1.29, 1.82) is 0 Å². The van der Waals surface area contributed by atoms with Gasteiger partial charge in [0.2, 0.25) is 0 Å². The van der Waals surface area contributed by atoms with Gasteiger partial charge in [0.25, 0.3) is 0 Å². The highest BCUT2D eigenvalue weighted by atomic mass is 16.5. The first-order valence-electron chi connectivity index (χ1n) is 13.1. The van der Waals surface area contributed by atoms with Gasteiger partial charge in [0.1, 0.15) is 0 Å². The number of unbranched alkanes of at least 4 members (excludes halogenated alkanes) is 2. The Morgan fingerprint density at radius 2 is 1.39 bits per heavy atom. The fourth-order valence-electron chi connectivity index (χ4n) is 6.27. The quantitative estimate of drug-likeness (QED) is 0.270. The van der Waals surface area contributed by atoms with Gasteiger partial charge in [-0.05, 0) is 75.0 Å². The minimum absolute atomic E-state index is 0.558. The Kier molecular flexibility index (Phi) is 9.92. The molecule has 0 saturated heterocycles. The number of rotatable bonds is 10. The van der Waals surface area contributed by atoms with Crippen molar-refractivity contribution in [2.24, 2.45) is 29.6 Å². The summed E-state index contributed by atoms with van der Waals surface area (Å²) in [5.74, 6) is 4.58. The second-order valence-electron chi connectivity index (χ2n) is 10.4. The zero-order valence-corrected chi connectivity index (χ0v) is 19.0. The lowest BCUT2D eigenvalue weighted by molar-refractivity contribution is 0.00203. The van der Waals surface area contributed by atoms with Crippen molar-refractivity contribution in [2.75, 3.05) is 6.61 Å². The van der Waals surface area contributed by atoms with Crippen LogP contribution >= 0.6 is 0 Å². The second-order valence-corrected chi connectivity index (χ2v) is 10.4. The maximum atomic E-state index is 6.37. The third-order valence-electron chi connectivity index (χ3n) is 8.25. The molecule has 2 atom stereocenters. The minimum Gasteiger partial charge on any atom is -0.378 e. The normalized spacial score (nSPS) is 36.5. The van der Waals surface area contributed by atoms with Gasteiger partial charge in [-0.2, -0.15) is 0 Å². The number of allylic oxidation sites excluding steroid dienone is 1. The molecule has 0 aliphatic heterocycles. The topological polar surface area (TPSA) is 9.23 Å². The lowest BCUT2D eigenvalue weighted by Gasteiger charge is -2.35. The van der Waals surface area contributed by atoms with Crippen LogP contribution < -0.4 is 0 Å². The van der Waals surface area contributed by atoms with E-state index in [1.165, 1.54) is 103 Å². The first-order valence-corrected chi connectivity index (χ1v) is 13.1. The molecule has 0 heterocycles. The molecule has 0 aromatic rings. The SMILES string of the molecule is CCCCCC1CCC(OCC2C=CC(C3CCC(CCC)CC3)CC2)CC1. The van der Waals surface area contributed by atoms with E-state index < -0.39 is 0 Å². The molecule has 28 heavy (non-hydrogen) atoms. The van der Waals surface area contributed by atoms with Crippen LogP contribution in [-0.2, 0) is 4.74 Å². The minimum atomic E-state index is 0.558. The number of ether oxygens (including phenoxy) is 1. The molecule has 0 spiro atoms. The molecular formula is C27H48O. The summed E-state index contributed by atoms with van der Waals surface area (Å²) in [6, 6.07) is 0. The maximum Gasteiger partial charge on any atom is 0.0575 e. The first-order chi connectivity index (χ1) is 13.8. The Hall–Kier alpha value is -0.300. The lowest BCUT2D eigenvalue weighted by atomic mass is 9.71. The number of hydrogen-bond donors (Lipinski definition) is 0. The van der Waals surface area contributed by atoms with Crippen LogP contribution in [0.25, 0.3) is 0 Å². The second kappa shape index (κ2) is 12.4. The predicted molar refractivity (Wildman–Crippen MR) is 122 cm³/mol. The van der Waals surface area contributed by atoms with Crippen LogP contribution in [0.2, 0.25) is 0 Å². The van der Waals surface area contributed by atoms with E-state index in [-0.39, 0.29) is 0 Å². The molecule has 3 aliphatic carbocycles. The summed E-state index contributed by atoms with van der Waals surface area (Å²) in [4.78, 5) is 0. The number of hydrogen-bond acceptors (Lipinski definition) is 1. The van der Waals surface area contributed by atoms with E-state index in [1.807, 2.05) is 0 Å². The Balaban J connectivity index is 1.29. The zero-order valence-electron chi connectivity index (χ0n) is 19.0. The standard InChI is InChI=1S/C27H48O/c1-3-5-6-8-23-13-19-27(20-14-23)28-21-24-11-17-26(18-12-24)25-15-9-22(7-4-2)10-16-25/h11,17,22-27H,3-10,12-16,18-21H2,1-2H3. The summed E-state index contributed by atoms with van der Waals surface area (Å²) in [6.45, 7) is 5.64. The molecule has 2 unspecified atom stereocenters. The van der Waals surface area contributed by atoms with Crippen LogP contribution in [-0.4, -0.2) is 12.7 Å². The molecule has 1 nitrogen and oxygen atoms in total. The predicted octanol–water partition coefficient (Wildman–Crippen LogP) is 8.33. The van der Waals surface area contributed by atoms with Gasteiger partial charge in [0, 0.05) is 5.92 Å². The van der Waals surface area contributed by atoms with E-state index in [0.29, 0.717) is 12.0 Å². The highest BCUT2D eigenvalue weighted by Gasteiger charge is 2.28. The third kappa shape index (κ3) is 7.19. The van der Waals surface area contributed by atoms with Crippen molar-refractivity contribution in [3.8, 4) is 0 Å². The summed E-state index contributed by atoms with van der Waals surface area (Å²) in [5.41, 5.74) is 0. The smallest absolute Gasteiger partial charge is 0.0575 e. The molecular weight excluding hydrogens is 340 g/mol. The van der Waals surface area contributed by atoms with Gasteiger partial charge in [-0.25, -0.2) is 0 Å². The molecule has 0 bridgehead atoms. The highest BCUT2D eigenvalue weighted by Crippen LogP contribution is 2.40. The van der Waals surface area contributed by atoms with E-state index in [4.69, 9.17) is 4.74 Å². The first kappa shape index (κ1) is 22.4. The van der Waals surface area contributed by atoms with Crippen LogP contribution in [0.5, 0.6) is 0 Å². The van der Waals surface area contributed by atoms with Gasteiger partial charge in [-0.3, -0.25) is 0 Å². The Morgan fingerprint density at radius 1 is 0.679 bits per heavy atom. The molecule has 0 aromatic heterocycles. The van der Waals surface area contributed by atoms with Gasteiger partial charge in [-0.1, -0.05) is 77.4 Å². The fourth-order valence-corrected chi connectivity index (χ4v) is 6.27. The summed E-state index contributed by atoms with van der Waals surface area (Å²) in [6.07, 6.45) is 28.4. The largest absolute Gasteiger partial charge is 0.378 e. The molecule has 0 aromatic carbocycles. The Morgan fingerprint density at radius 3 is 2.04 bits per heavy atom. The van der Waals surface area contributed by atoms with Crippen molar-refractivity contribution in [3.63, 3.8) is 0 Å². The van der Waals surface area contributed by atoms with Crippen LogP contribution in [0.1, 0.15) is 117 Å². The van der Waals surface area contributed by atoms with E-state index in [0.717, 1.165) is 30.3 Å². The maximum absolute atomic E-state index is 6.37. The molecule has 3 aliphatic rings. The summed E-state index contributed by atoms with van der Waals surface area (Å²) in [5, 5.41) is 0. The van der Waals surface area contributed by atoms with E-state index in [1.54, 1.807) is 0 Å². The molecule has 0 amide bonds. The van der Waals surface area contributed by atoms with Gasteiger partial charge >= 0.3 is 0 Å². The van der Waals surface area contributed by atoms with Crippen molar-refractivity contribution in [1.82, 2.24) is 0 Å². The van der Waals surface area contributed by atoms with Gasteiger partial charge < -0.3 is 4.74 Å². The van der Waals surface area contributed by atoms with Gasteiger partial charge in [-0.15, -0.1) is 0 Å². The van der Waals surface area contributed by atoms with Crippen LogP contribution in [0.4, 0.5) is 0 Å². The summed E-state index contributed by atoms with van der Waals surface area (Å²) in [7, 11) is 0. The monoisotopic (exact) mass is 388 g/mol. The van der Waals surface area contributed by atoms with Crippen LogP contribution in [0, 0.1) is 29.6 Å². The lowest BCUT2D eigenvalue weighted by Crippen LogP contribution is -2.26. The Bertz CT molecular complexity index is 426. The molecule has 0 N–H and O–H groups in total. The van der Waals surface area contributed by atoms with Crippen LogP contribution in [0.15, 0.2) is 12.2 Å². The van der Waals surface area contributed by atoms with Crippen LogP contribution in [0.3, 0.4) is 0 Å². The Labute approximate surface area is 176 Å². The van der Waals surface area contributed by atoms with Gasteiger partial charge in [0.15, 0.2) is 0 Å². The fraction of sp³-hybridized carbons (Fsp3) is 0.926. The summed E-state index contributed by atoms with van der Waals surface area (Å²) >= 11 is 0. The van der Waals surface area contributed by atoms with E-state index >= 15 is 0 Å². The highest BCUT2D eigenvalue weighted by molar-refractivity contribution is 5.01. The summed E-state index contributed by atoms with van der Waals surface area (Å²) < 4.78 is 6.37. The molecule has 2 saturated carbocycles. The van der Waals surface area contributed by atoms with Crippen molar-refractivity contribution in [3.05, 3.63) is 12.2 Å². The van der Waals surface area contributed by atoms with Crippen molar-refractivity contribution < 1.29 is 4.74 Å². The van der Waals surface area contributed by atoms with Gasteiger partial charge in [0.05, 0.1) is 12.7 Å². The van der Waals surface area contributed by atoms with E-state index in [2.05, 4.69) is 26.0 Å². The average Bonchev–Trinajstić information content (AvgIpc) is 2.75. The van der Waals surface area contributed by atoms with E-state index in [9.17, 15) is 0 Å². The molecule has 2 fully saturated rings. The van der Waals surface area contributed by atoms with Crippen molar-refractivity contribution >= 4 is 0 Å².